The number of ketones is 1. The Labute approximate surface area is 187 Å². The molecule has 4 rings (SSSR count). The Hall–Kier alpha value is -4.72. The molecule has 0 spiro atoms. The van der Waals surface area contributed by atoms with E-state index in [1.54, 1.807) is 30.3 Å². The summed E-state index contributed by atoms with van der Waals surface area (Å²) in [7, 11) is 0. The molecule has 1 heterocycles. The molecular formula is C25H17NO7. The number of anilines is 1. The molecule has 0 aliphatic carbocycles. The predicted octanol–water partition coefficient (Wildman–Crippen LogP) is 3.71. The van der Waals surface area contributed by atoms with E-state index in [0.29, 0.717) is 11.1 Å². The topological polar surface area (TPSA) is 132 Å². The standard InChI is InChI=1S/C25H17NO7/c27-21(15-4-2-1-3-5-15)19-20(14-6-8-16(9-7-14)24(30)31)26(23(29)22(19)28)18-12-10-17(11-13-18)25(32)33/h1-13,20,27H,(H,30,31)(H,32,33)/b21-19+. The quantitative estimate of drug-likeness (QED) is 0.311. The normalized spacial score (nSPS) is 17.2. The van der Waals surface area contributed by atoms with Crippen LogP contribution in [0.1, 0.15) is 37.9 Å². The molecule has 0 saturated carbocycles. The molecule has 0 bridgehead atoms. The summed E-state index contributed by atoms with van der Waals surface area (Å²) in [5.41, 5.74) is 0.854. The first-order valence-corrected chi connectivity index (χ1v) is 9.82. The fourth-order valence-corrected chi connectivity index (χ4v) is 3.74. The van der Waals surface area contributed by atoms with Gasteiger partial charge in [-0.05, 0) is 42.0 Å². The second kappa shape index (κ2) is 8.43. The Morgan fingerprint density at radius 2 is 1.18 bits per heavy atom. The minimum absolute atomic E-state index is 0.00184. The van der Waals surface area contributed by atoms with Crippen molar-refractivity contribution in [3.8, 4) is 0 Å². The summed E-state index contributed by atoms with van der Waals surface area (Å²) in [6, 6.07) is 18.2. The molecule has 8 heteroatoms. The van der Waals surface area contributed by atoms with E-state index in [2.05, 4.69) is 0 Å². The van der Waals surface area contributed by atoms with Gasteiger partial charge in [0.15, 0.2) is 0 Å². The van der Waals surface area contributed by atoms with E-state index in [1.165, 1.54) is 48.5 Å². The number of carboxylic acid groups (broad SMARTS) is 2. The van der Waals surface area contributed by atoms with Crippen LogP contribution in [0.4, 0.5) is 5.69 Å². The zero-order valence-electron chi connectivity index (χ0n) is 17.0. The summed E-state index contributed by atoms with van der Waals surface area (Å²) in [4.78, 5) is 49.7. The molecule has 0 aromatic heterocycles. The lowest BCUT2D eigenvalue weighted by molar-refractivity contribution is -0.132. The van der Waals surface area contributed by atoms with Crippen molar-refractivity contribution in [2.75, 3.05) is 4.90 Å². The maximum atomic E-state index is 13.1. The van der Waals surface area contributed by atoms with Crippen molar-refractivity contribution >= 4 is 35.1 Å². The van der Waals surface area contributed by atoms with Crippen LogP contribution in [0.5, 0.6) is 0 Å². The van der Waals surface area contributed by atoms with Gasteiger partial charge in [-0.2, -0.15) is 0 Å². The third-order valence-electron chi connectivity index (χ3n) is 5.36. The second-order valence-corrected chi connectivity index (χ2v) is 7.31. The van der Waals surface area contributed by atoms with Crippen LogP contribution in [0, 0.1) is 0 Å². The zero-order chi connectivity index (χ0) is 23.7. The summed E-state index contributed by atoms with van der Waals surface area (Å²) in [5.74, 6) is -4.46. The lowest BCUT2D eigenvalue weighted by atomic mass is 9.94. The molecule has 1 aliphatic heterocycles. The van der Waals surface area contributed by atoms with Crippen molar-refractivity contribution in [1.82, 2.24) is 0 Å². The minimum Gasteiger partial charge on any atom is -0.507 e. The van der Waals surface area contributed by atoms with E-state index in [9.17, 15) is 29.4 Å². The maximum absolute atomic E-state index is 13.1. The van der Waals surface area contributed by atoms with Gasteiger partial charge in [0, 0.05) is 11.3 Å². The van der Waals surface area contributed by atoms with Crippen LogP contribution in [0.25, 0.3) is 5.76 Å². The highest BCUT2D eigenvalue weighted by molar-refractivity contribution is 6.51. The van der Waals surface area contributed by atoms with E-state index in [4.69, 9.17) is 5.11 Å². The van der Waals surface area contributed by atoms with E-state index >= 15 is 0 Å². The van der Waals surface area contributed by atoms with Crippen molar-refractivity contribution in [1.29, 1.82) is 0 Å². The third-order valence-corrected chi connectivity index (χ3v) is 5.36. The van der Waals surface area contributed by atoms with Crippen molar-refractivity contribution in [2.45, 2.75) is 6.04 Å². The molecule has 3 N–H and O–H groups in total. The highest BCUT2D eigenvalue weighted by atomic mass is 16.4. The number of carbonyl (C=O) groups excluding carboxylic acids is 2. The molecule has 1 amide bonds. The van der Waals surface area contributed by atoms with Gasteiger partial charge in [0.05, 0.1) is 22.7 Å². The molecule has 1 atom stereocenters. The van der Waals surface area contributed by atoms with Gasteiger partial charge in [-0.25, -0.2) is 9.59 Å². The van der Waals surface area contributed by atoms with Crippen LogP contribution >= 0.6 is 0 Å². The summed E-state index contributed by atoms with van der Waals surface area (Å²) in [5, 5.41) is 29.3. The maximum Gasteiger partial charge on any atom is 0.335 e. The number of rotatable bonds is 5. The van der Waals surface area contributed by atoms with Gasteiger partial charge >= 0.3 is 11.9 Å². The summed E-state index contributed by atoms with van der Waals surface area (Å²) >= 11 is 0. The number of carbonyl (C=O) groups is 4. The average molecular weight is 443 g/mol. The number of aliphatic hydroxyl groups is 1. The molecule has 1 unspecified atom stereocenters. The Bertz CT molecular complexity index is 1290. The average Bonchev–Trinajstić information content (AvgIpc) is 3.09. The van der Waals surface area contributed by atoms with E-state index in [-0.39, 0.29) is 28.1 Å². The molecule has 8 nitrogen and oxygen atoms in total. The van der Waals surface area contributed by atoms with Crippen molar-refractivity contribution in [3.63, 3.8) is 0 Å². The number of hydrogen-bond donors (Lipinski definition) is 3. The summed E-state index contributed by atoms with van der Waals surface area (Å²) in [6.45, 7) is 0. The Kier molecular flexibility index (Phi) is 5.49. The summed E-state index contributed by atoms with van der Waals surface area (Å²) < 4.78 is 0. The zero-order valence-corrected chi connectivity index (χ0v) is 17.0. The third kappa shape index (κ3) is 3.85. The number of benzene rings is 3. The lowest BCUT2D eigenvalue weighted by Crippen LogP contribution is -2.29. The van der Waals surface area contributed by atoms with Crippen LogP contribution < -0.4 is 4.90 Å². The van der Waals surface area contributed by atoms with E-state index in [1.807, 2.05) is 0 Å². The predicted molar refractivity (Wildman–Crippen MR) is 118 cm³/mol. The SMILES string of the molecule is O=C1C(=O)N(c2ccc(C(=O)O)cc2)C(c2ccc(C(=O)O)cc2)/C1=C(\O)c1ccccc1. The van der Waals surface area contributed by atoms with E-state index < -0.39 is 29.7 Å². The van der Waals surface area contributed by atoms with E-state index in [0.717, 1.165) is 4.90 Å². The molecule has 33 heavy (non-hydrogen) atoms. The summed E-state index contributed by atoms with van der Waals surface area (Å²) in [6.07, 6.45) is 0. The highest BCUT2D eigenvalue weighted by Crippen LogP contribution is 2.42. The number of amides is 1. The number of carboxylic acids is 2. The van der Waals surface area contributed by atoms with Crippen LogP contribution in [0.15, 0.2) is 84.4 Å². The van der Waals surface area contributed by atoms with Gasteiger partial charge in [-0.15, -0.1) is 0 Å². The molecule has 3 aromatic carbocycles. The van der Waals surface area contributed by atoms with Gasteiger partial charge in [0.25, 0.3) is 11.7 Å². The molecule has 1 aliphatic rings. The molecule has 0 radical (unpaired) electrons. The highest BCUT2D eigenvalue weighted by Gasteiger charge is 2.47. The van der Waals surface area contributed by atoms with Crippen LogP contribution in [-0.4, -0.2) is 38.9 Å². The first-order chi connectivity index (χ1) is 15.8. The fourth-order valence-electron chi connectivity index (χ4n) is 3.74. The number of nitrogens with zero attached hydrogens (tertiary/aromatic N) is 1. The van der Waals surface area contributed by atoms with Gasteiger partial charge in [-0.1, -0.05) is 42.5 Å². The number of aromatic carboxylic acids is 2. The van der Waals surface area contributed by atoms with Gasteiger partial charge < -0.3 is 15.3 Å². The van der Waals surface area contributed by atoms with Gasteiger partial charge in [0.2, 0.25) is 0 Å². The van der Waals surface area contributed by atoms with Gasteiger partial charge in [0.1, 0.15) is 5.76 Å². The minimum atomic E-state index is -1.14. The molecule has 1 saturated heterocycles. The number of aliphatic hydroxyl groups excluding tert-OH is 1. The Morgan fingerprint density at radius 1 is 0.667 bits per heavy atom. The second-order valence-electron chi connectivity index (χ2n) is 7.31. The lowest BCUT2D eigenvalue weighted by Gasteiger charge is -2.25. The van der Waals surface area contributed by atoms with Crippen molar-refractivity contribution < 1.29 is 34.5 Å². The largest absolute Gasteiger partial charge is 0.507 e. The van der Waals surface area contributed by atoms with Crippen molar-refractivity contribution in [2.24, 2.45) is 0 Å². The van der Waals surface area contributed by atoms with Crippen LogP contribution in [0.2, 0.25) is 0 Å². The van der Waals surface area contributed by atoms with Crippen LogP contribution in [0.3, 0.4) is 0 Å². The Morgan fingerprint density at radius 3 is 1.70 bits per heavy atom. The molecule has 1 fully saturated rings. The number of Topliss-reactive ketones (excluding diaryl/α,β-unsaturated/α-hetero) is 1. The van der Waals surface area contributed by atoms with Gasteiger partial charge in [-0.3, -0.25) is 14.5 Å². The van der Waals surface area contributed by atoms with Crippen LogP contribution in [-0.2, 0) is 9.59 Å². The number of hydrogen-bond acceptors (Lipinski definition) is 5. The smallest absolute Gasteiger partial charge is 0.335 e. The molecule has 3 aromatic rings. The fraction of sp³-hybridized carbons (Fsp3) is 0.0400. The molecular weight excluding hydrogens is 426 g/mol. The van der Waals surface area contributed by atoms with Crippen molar-refractivity contribution in [3.05, 3.63) is 107 Å². The monoisotopic (exact) mass is 443 g/mol. The first kappa shape index (κ1) is 21.5. The first-order valence-electron chi connectivity index (χ1n) is 9.82. The molecule has 164 valence electrons. The Balaban J connectivity index is 1.91.